The van der Waals surface area contributed by atoms with Crippen LogP contribution in [0.2, 0.25) is 0 Å². The van der Waals surface area contributed by atoms with Gasteiger partial charge in [-0.2, -0.15) is 15.1 Å². The Labute approximate surface area is 233 Å². The average molecular weight is 576 g/mol. The van der Waals surface area contributed by atoms with Gasteiger partial charge in [0.1, 0.15) is 18.0 Å². The zero-order valence-corrected chi connectivity index (χ0v) is 24.7. The number of ether oxygens (including phenoxy) is 2. The van der Waals surface area contributed by atoms with Crippen molar-refractivity contribution in [3.05, 3.63) is 36.7 Å². The van der Waals surface area contributed by atoms with E-state index in [-0.39, 0.29) is 24.6 Å². The molecular weight excluding hydrogens is 537 g/mol. The number of rotatable bonds is 11. The molecule has 0 unspecified atom stereocenters. The van der Waals surface area contributed by atoms with Gasteiger partial charge in [-0.05, 0) is 38.8 Å². The Bertz CT molecular complexity index is 1380. The van der Waals surface area contributed by atoms with Crippen LogP contribution in [0.4, 0.5) is 11.8 Å². The summed E-state index contributed by atoms with van der Waals surface area (Å²) in [5.74, 6) is 0.323. The van der Waals surface area contributed by atoms with Crippen LogP contribution in [-0.2, 0) is 23.4 Å². The molecule has 40 heavy (non-hydrogen) atoms. The van der Waals surface area contributed by atoms with Crippen molar-refractivity contribution in [1.82, 2.24) is 24.6 Å². The summed E-state index contributed by atoms with van der Waals surface area (Å²) in [5.41, 5.74) is 6.63. The Morgan fingerprint density at radius 1 is 1.23 bits per heavy atom. The molecule has 0 aliphatic carbocycles. The molecule has 4 N–H and O–H groups in total. The summed E-state index contributed by atoms with van der Waals surface area (Å²) in [4.78, 5) is 25.5. The number of aromatic nitrogens is 4. The van der Waals surface area contributed by atoms with Crippen molar-refractivity contribution in [2.24, 2.45) is 11.3 Å². The van der Waals surface area contributed by atoms with Crippen LogP contribution in [0.5, 0.6) is 5.75 Å². The topological polar surface area (TPSA) is 165 Å². The van der Waals surface area contributed by atoms with E-state index in [1.54, 1.807) is 58.4 Å². The monoisotopic (exact) mass is 575 g/mol. The number of esters is 1. The predicted octanol–water partition coefficient (Wildman–Crippen LogP) is 4.14. The van der Waals surface area contributed by atoms with Crippen LogP contribution in [-0.4, -0.2) is 57.4 Å². The SMILES string of the molecule is CNc1nc(N)nc2c1ncn2[C@@H]1O[C@H](CO[P@@](=O)(N[C@@H](C)C(=O)OC(C)C)Oc2ccccc2)[C@@H](C)C1(C)C. The first-order chi connectivity index (χ1) is 18.8. The average Bonchev–Trinajstić information content (AvgIpc) is 3.40. The van der Waals surface area contributed by atoms with E-state index in [2.05, 4.69) is 39.2 Å². The third-order valence-electron chi connectivity index (χ3n) is 7.03. The Kier molecular flexibility index (Phi) is 8.69. The zero-order valence-electron chi connectivity index (χ0n) is 23.8. The van der Waals surface area contributed by atoms with E-state index >= 15 is 0 Å². The summed E-state index contributed by atoms with van der Waals surface area (Å²) < 4.78 is 39.2. The number of fused-ring (bicyclic) bond motifs is 1. The maximum absolute atomic E-state index is 13.9. The Hall–Kier alpha value is -3.25. The second-order valence-corrected chi connectivity index (χ2v) is 12.4. The van der Waals surface area contributed by atoms with Crippen LogP contribution in [0.1, 0.15) is 47.8 Å². The summed E-state index contributed by atoms with van der Waals surface area (Å²) in [6.07, 6.45) is 0.355. The molecule has 0 amide bonds. The fourth-order valence-corrected chi connectivity index (χ4v) is 6.06. The molecule has 1 saturated heterocycles. The van der Waals surface area contributed by atoms with E-state index < -0.39 is 37.5 Å². The van der Waals surface area contributed by atoms with Crippen molar-refractivity contribution in [1.29, 1.82) is 0 Å². The van der Waals surface area contributed by atoms with Gasteiger partial charge in [0, 0.05) is 12.5 Å². The van der Waals surface area contributed by atoms with Gasteiger partial charge in [0.2, 0.25) is 5.95 Å². The summed E-state index contributed by atoms with van der Waals surface area (Å²) in [7, 11) is -2.31. The molecule has 3 aromatic rings. The second kappa shape index (κ2) is 11.7. The van der Waals surface area contributed by atoms with Crippen molar-refractivity contribution in [2.75, 3.05) is 24.7 Å². The molecule has 1 aliphatic rings. The van der Waals surface area contributed by atoms with E-state index in [4.69, 9.17) is 24.3 Å². The van der Waals surface area contributed by atoms with E-state index in [0.717, 1.165) is 0 Å². The Morgan fingerprint density at radius 2 is 1.93 bits per heavy atom. The van der Waals surface area contributed by atoms with Gasteiger partial charge in [-0.1, -0.05) is 39.0 Å². The molecule has 0 bridgehead atoms. The molecule has 14 heteroatoms. The maximum atomic E-state index is 13.9. The molecule has 0 radical (unpaired) electrons. The highest BCUT2D eigenvalue weighted by Crippen LogP contribution is 2.52. The third-order valence-corrected chi connectivity index (χ3v) is 8.68. The molecule has 1 aromatic carbocycles. The number of para-hydroxylation sites is 1. The lowest BCUT2D eigenvalue weighted by molar-refractivity contribution is -0.149. The molecule has 218 valence electrons. The number of hydrogen-bond donors (Lipinski definition) is 3. The fourth-order valence-electron chi connectivity index (χ4n) is 4.56. The lowest BCUT2D eigenvalue weighted by atomic mass is 9.78. The van der Waals surface area contributed by atoms with Gasteiger partial charge < -0.3 is 25.0 Å². The first-order valence-corrected chi connectivity index (χ1v) is 14.7. The van der Waals surface area contributed by atoms with Crippen LogP contribution in [0.15, 0.2) is 36.7 Å². The molecule has 0 saturated carbocycles. The fraction of sp³-hybridized carbons (Fsp3) is 0.538. The first kappa shape index (κ1) is 29.7. The van der Waals surface area contributed by atoms with Crippen LogP contribution < -0.4 is 20.7 Å². The van der Waals surface area contributed by atoms with E-state index in [1.165, 1.54) is 0 Å². The summed E-state index contributed by atoms with van der Waals surface area (Å²) >= 11 is 0. The van der Waals surface area contributed by atoms with Gasteiger partial charge in [0.25, 0.3) is 0 Å². The predicted molar refractivity (Wildman–Crippen MR) is 151 cm³/mol. The van der Waals surface area contributed by atoms with E-state index in [1.807, 2.05) is 17.6 Å². The van der Waals surface area contributed by atoms with E-state index in [0.29, 0.717) is 22.7 Å². The number of carbonyl (C=O) groups excluding carboxylic acids is 1. The zero-order chi connectivity index (χ0) is 29.2. The number of nitrogens with zero attached hydrogens (tertiary/aromatic N) is 4. The van der Waals surface area contributed by atoms with Crippen molar-refractivity contribution in [3.8, 4) is 5.75 Å². The van der Waals surface area contributed by atoms with Crippen molar-refractivity contribution in [3.63, 3.8) is 0 Å². The number of carbonyl (C=O) groups is 1. The van der Waals surface area contributed by atoms with Crippen molar-refractivity contribution >= 4 is 36.6 Å². The maximum Gasteiger partial charge on any atom is 0.459 e. The van der Waals surface area contributed by atoms with Gasteiger partial charge in [0.05, 0.1) is 25.1 Å². The highest BCUT2D eigenvalue weighted by atomic mass is 31.2. The quantitative estimate of drug-likeness (QED) is 0.221. The molecular formula is C26H38N7O6P. The Morgan fingerprint density at radius 3 is 2.58 bits per heavy atom. The van der Waals surface area contributed by atoms with Crippen LogP contribution >= 0.6 is 7.75 Å². The van der Waals surface area contributed by atoms with Crippen LogP contribution in [0, 0.1) is 11.3 Å². The molecule has 3 heterocycles. The minimum absolute atomic E-state index is 0.0496. The molecule has 1 fully saturated rings. The van der Waals surface area contributed by atoms with Crippen LogP contribution in [0.3, 0.4) is 0 Å². The van der Waals surface area contributed by atoms with E-state index in [9.17, 15) is 9.36 Å². The van der Waals surface area contributed by atoms with Gasteiger partial charge in [0.15, 0.2) is 17.0 Å². The molecule has 2 aromatic heterocycles. The lowest BCUT2D eigenvalue weighted by Gasteiger charge is -2.30. The summed E-state index contributed by atoms with van der Waals surface area (Å²) in [5, 5.41) is 5.71. The van der Waals surface area contributed by atoms with Gasteiger partial charge in [-0.15, -0.1) is 0 Å². The first-order valence-electron chi connectivity index (χ1n) is 13.2. The number of nitrogen functional groups attached to an aromatic ring is 1. The van der Waals surface area contributed by atoms with Gasteiger partial charge in [-0.25, -0.2) is 9.55 Å². The van der Waals surface area contributed by atoms with Crippen LogP contribution in [0.25, 0.3) is 11.2 Å². The molecule has 5 atom stereocenters. The number of benzene rings is 1. The highest BCUT2D eigenvalue weighted by molar-refractivity contribution is 7.52. The molecule has 0 spiro atoms. The number of nitrogens with two attached hydrogens (primary N) is 1. The largest absolute Gasteiger partial charge is 0.462 e. The highest BCUT2D eigenvalue weighted by Gasteiger charge is 2.50. The second-order valence-electron chi connectivity index (χ2n) is 10.7. The van der Waals surface area contributed by atoms with Gasteiger partial charge >= 0.3 is 13.7 Å². The third kappa shape index (κ3) is 6.22. The summed E-state index contributed by atoms with van der Waals surface area (Å²) in [6, 6.07) is 7.65. The number of imidazole rings is 1. The standard InChI is InChI=1S/C26H38N7O6P/c1-15(2)37-23(34)17(4)32-40(35,39-18-11-9-8-10-12-18)36-13-19-16(3)26(5,6)24(38-19)33-14-29-20-21(28-7)30-25(27)31-22(20)33/h8-12,14-17,19,24H,13H2,1-7H3,(H,32,35)(H3,27,28,30,31)/t16-,17+,19-,24-,40+/m1/s1. The normalized spacial score (nSPS) is 22.6. The Balaban J connectivity index is 1.56. The summed E-state index contributed by atoms with van der Waals surface area (Å²) in [6.45, 7) is 11.1. The van der Waals surface area contributed by atoms with Gasteiger partial charge in [-0.3, -0.25) is 13.9 Å². The number of nitrogens with one attached hydrogen (secondary N) is 2. The minimum atomic E-state index is -4.05. The molecule has 13 nitrogen and oxygen atoms in total. The van der Waals surface area contributed by atoms with Crippen molar-refractivity contribution < 1.29 is 27.9 Å². The lowest BCUT2D eigenvalue weighted by Crippen LogP contribution is -2.37. The number of anilines is 2. The molecule has 4 rings (SSSR count). The minimum Gasteiger partial charge on any atom is -0.462 e. The number of hydrogen-bond acceptors (Lipinski definition) is 11. The molecule has 1 aliphatic heterocycles. The smallest absolute Gasteiger partial charge is 0.459 e. The van der Waals surface area contributed by atoms with Crippen molar-refractivity contribution in [2.45, 2.75) is 66.0 Å².